The molecule has 0 radical (unpaired) electrons. The maximum Gasteiger partial charge on any atom is 0.193 e. The first-order chi connectivity index (χ1) is 11.5. The Bertz CT molecular complexity index is 822. The van der Waals surface area contributed by atoms with Crippen LogP contribution in [0.1, 0.15) is 18.1 Å². The van der Waals surface area contributed by atoms with E-state index in [1.54, 1.807) is 24.3 Å². The van der Waals surface area contributed by atoms with Gasteiger partial charge in [-0.2, -0.15) is 0 Å². The summed E-state index contributed by atoms with van der Waals surface area (Å²) in [6.07, 6.45) is 3.08. The molecule has 0 aliphatic heterocycles. The maximum absolute atomic E-state index is 12.1. The summed E-state index contributed by atoms with van der Waals surface area (Å²) in [5, 5.41) is 2.34. The van der Waals surface area contributed by atoms with Crippen LogP contribution in [-0.4, -0.2) is 22.1 Å². The molecule has 2 aromatic rings. The summed E-state index contributed by atoms with van der Waals surface area (Å²) >= 11 is 0. The zero-order valence-corrected chi connectivity index (χ0v) is 14.5. The van der Waals surface area contributed by atoms with Crippen LogP contribution in [0.2, 0.25) is 0 Å². The first kappa shape index (κ1) is 17.8. The Morgan fingerprint density at radius 3 is 2.38 bits per heavy atom. The van der Waals surface area contributed by atoms with Gasteiger partial charge in [0.2, 0.25) is 0 Å². The third-order valence-corrected chi connectivity index (χ3v) is 4.23. The smallest absolute Gasteiger partial charge is 0.193 e. The Hall–Kier alpha value is -2.53. The molecule has 0 N–H and O–H groups in total. The number of benzene rings is 2. The van der Waals surface area contributed by atoms with Crippen LogP contribution in [-0.2, 0) is 9.84 Å². The van der Waals surface area contributed by atoms with Gasteiger partial charge < -0.3 is 9.47 Å². The highest BCUT2D eigenvalue weighted by Crippen LogP contribution is 2.26. The standard InChI is InChI=1S/C19H20O4S/c1-3-23-18-10-9-17(19(15-18)22-2)12-14-24(20,21)13-11-16-7-5-4-6-8-16/h4-15H,3H2,1-2H3/b13-11+,14-12-. The van der Waals surface area contributed by atoms with E-state index in [1.807, 2.05) is 37.3 Å². The summed E-state index contributed by atoms with van der Waals surface area (Å²) in [7, 11) is -1.94. The fourth-order valence-electron chi connectivity index (χ4n) is 2.04. The van der Waals surface area contributed by atoms with Gasteiger partial charge >= 0.3 is 0 Å². The molecule has 0 bridgehead atoms. The van der Waals surface area contributed by atoms with Crippen molar-refractivity contribution < 1.29 is 17.9 Å². The van der Waals surface area contributed by atoms with Gasteiger partial charge in [0.15, 0.2) is 9.84 Å². The SMILES string of the molecule is CCOc1ccc(/C=C\S(=O)(=O)/C=C/c2ccccc2)c(OC)c1. The second-order valence-corrected chi connectivity index (χ2v) is 6.66. The van der Waals surface area contributed by atoms with Crippen molar-refractivity contribution in [3.8, 4) is 11.5 Å². The average Bonchev–Trinajstić information content (AvgIpc) is 2.60. The molecule has 0 unspecified atom stereocenters. The minimum Gasteiger partial charge on any atom is -0.496 e. The molecule has 0 atom stereocenters. The fourth-order valence-corrected chi connectivity index (χ4v) is 2.81. The molecule has 0 amide bonds. The quantitative estimate of drug-likeness (QED) is 0.757. The number of rotatable bonds is 7. The van der Waals surface area contributed by atoms with Gasteiger partial charge in [0.05, 0.1) is 13.7 Å². The normalized spacial score (nSPS) is 11.9. The van der Waals surface area contributed by atoms with Crippen LogP contribution in [0.3, 0.4) is 0 Å². The molecule has 0 aromatic heterocycles. The molecule has 0 aliphatic carbocycles. The van der Waals surface area contributed by atoms with E-state index in [9.17, 15) is 8.42 Å². The van der Waals surface area contributed by atoms with Crippen molar-refractivity contribution in [2.24, 2.45) is 0 Å². The predicted octanol–water partition coefficient (Wildman–Crippen LogP) is 4.15. The first-order valence-corrected chi connectivity index (χ1v) is 9.12. The molecular weight excluding hydrogens is 324 g/mol. The van der Waals surface area contributed by atoms with Gasteiger partial charge in [-0.3, -0.25) is 0 Å². The van der Waals surface area contributed by atoms with E-state index in [1.165, 1.54) is 18.6 Å². The minimum absolute atomic E-state index is 0.553. The highest BCUT2D eigenvalue weighted by Gasteiger charge is 2.05. The van der Waals surface area contributed by atoms with Crippen LogP contribution in [0, 0.1) is 0 Å². The highest BCUT2D eigenvalue weighted by atomic mass is 32.2. The van der Waals surface area contributed by atoms with Crippen molar-refractivity contribution >= 4 is 22.0 Å². The number of ether oxygens (including phenoxy) is 2. The first-order valence-electron chi connectivity index (χ1n) is 7.51. The molecule has 126 valence electrons. The van der Waals surface area contributed by atoms with Gasteiger partial charge in [0.25, 0.3) is 0 Å². The van der Waals surface area contributed by atoms with E-state index in [2.05, 4.69) is 0 Å². The lowest BCUT2D eigenvalue weighted by atomic mass is 10.2. The topological polar surface area (TPSA) is 52.6 Å². The van der Waals surface area contributed by atoms with Crippen molar-refractivity contribution in [2.45, 2.75) is 6.92 Å². The third-order valence-electron chi connectivity index (χ3n) is 3.20. The molecule has 0 saturated carbocycles. The monoisotopic (exact) mass is 344 g/mol. The van der Waals surface area contributed by atoms with Crippen LogP contribution in [0.25, 0.3) is 12.2 Å². The lowest BCUT2D eigenvalue weighted by Crippen LogP contribution is -1.94. The zero-order valence-electron chi connectivity index (χ0n) is 13.7. The summed E-state index contributed by atoms with van der Waals surface area (Å²) in [5.74, 6) is 1.23. The van der Waals surface area contributed by atoms with E-state index < -0.39 is 9.84 Å². The van der Waals surface area contributed by atoms with E-state index in [-0.39, 0.29) is 0 Å². The summed E-state index contributed by atoms with van der Waals surface area (Å²) in [6.45, 7) is 2.45. The average molecular weight is 344 g/mol. The third kappa shape index (κ3) is 5.28. The van der Waals surface area contributed by atoms with Gasteiger partial charge in [-0.1, -0.05) is 30.3 Å². The second kappa shape index (κ2) is 8.36. The molecular formula is C19H20O4S. The molecule has 2 rings (SSSR count). The van der Waals surface area contributed by atoms with Crippen molar-refractivity contribution in [1.29, 1.82) is 0 Å². The highest BCUT2D eigenvalue weighted by molar-refractivity contribution is 7.97. The number of methoxy groups -OCH3 is 1. The largest absolute Gasteiger partial charge is 0.496 e. The molecule has 0 spiro atoms. The van der Waals surface area contributed by atoms with Crippen LogP contribution >= 0.6 is 0 Å². The Kier molecular flexibility index (Phi) is 6.21. The summed E-state index contributed by atoms with van der Waals surface area (Å²) < 4.78 is 34.9. The van der Waals surface area contributed by atoms with E-state index in [0.717, 1.165) is 11.0 Å². The lowest BCUT2D eigenvalue weighted by Gasteiger charge is -2.08. The van der Waals surface area contributed by atoms with Gasteiger partial charge in [0, 0.05) is 22.4 Å². The summed E-state index contributed by atoms with van der Waals surface area (Å²) in [5.41, 5.74) is 1.49. The Morgan fingerprint density at radius 1 is 1.00 bits per heavy atom. The van der Waals surface area contributed by atoms with Gasteiger partial charge in [0.1, 0.15) is 11.5 Å². The number of hydrogen-bond donors (Lipinski definition) is 0. The van der Waals surface area contributed by atoms with E-state index >= 15 is 0 Å². The van der Waals surface area contributed by atoms with Crippen LogP contribution in [0.15, 0.2) is 59.3 Å². The predicted molar refractivity (Wildman–Crippen MR) is 97.6 cm³/mol. The second-order valence-electron chi connectivity index (χ2n) is 4.94. The zero-order chi connectivity index (χ0) is 17.4. The summed E-state index contributed by atoms with van der Waals surface area (Å²) in [4.78, 5) is 0. The van der Waals surface area contributed by atoms with E-state index in [0.29, 0.717) is 23.7 Å². The molecule has 4 nitrogen and oxygen atoms in total. The molecule has 0 aliphatic rings. The van der Waals surface area contributed by atoms with Crippen LogP contribution < -0.4 is 9.47 Å². The fraction of sp³-hybridized carbons (Fsp3) is 0.158. The summed E-state index contributed by atoms with van der Waals surface area (Å²) in [6, 6.07) is 14.5. The van der Waals surface area contributed by atoms with Gasteiger partial charge in [-0.05, 0) is 36.8 Å². The Balaban J connectivity index is 2.18. The molecule has 2 aromatic carbocycles. The molecule has 24 heavy (non-hydrogen) atoms. The van der Waals surface area contributed by atoms with E-state index in [4.69, 9.17) is 9.47 Å². The molecule has 0 fully saturated rings. The lowest BCUT2D eigenvalue weighted by molar-refractivity contribution is 0.336. The molecule has 0 heterocycles. The minimum atomic E-state index is -3.47. The molecule has 0 saturated heterocycles. The Labute approximate surface area is 143 Å². The number of sulfone groups is 1. The van der Waals surface area contributed by atoms with Crippen LogP contribution in [0.4, 0.5) is 0 Å². The van der Waals surface area contributed by atoms with Crippen molar-refractivity contribution in [3.63, 3.8) is 0 Å². The van der Waals surface area contributed by atoms with Crippen LogP contribution in [0.5, 0.6) is 11.5 Å². The van der Waals surface area contributed by atoms with Crippen molar-refractivity contribution in [2.75, 3.05) is 13.7 Å². The number of hydrogen-bond acceptors (Lipinski definition) is 4. The maximum atomic E-state index is 12.1. The van der Waals surface area contributed by atoms with Gasteiger partial charge in [-0.25, -0.2) is 8.42 Å². The van der Waals surface area contributed by atoms with Crippen molar-refractivity contribution in [3.05, 3.63) is 70.5 Å². The van der Waals surface area contributed by atoms with Crippen molar-refractivity contribution in [1.82, 2.24) is 0 Å². The molecule has 5 heteroatoms. The van der Waals surface area contributed by atoms with Gasteiger partial charge in [-0.15, -0.1) is 0 Å². The Morgan fingerprint density at radius 2 is 1.71 bits per heavy atom.